The maximum Gasteiger partial charge on any atom is 0.162 e. The van der Waals surface area contributed by atoms with E-state index in [1.807, 2.05) is 0 Å². The molecule has 2 aromatic heterocycles. The molecule has 0 fully saturated rings. The molecule has 0 radical (unpaired) electrons. The van der Waals surface area contributed by atoms with Crippen molar-refractivity contribution >= 4 is 88.2 Å². The van der Waals surface area contributed by atoms with Gasteiger partial charge in [-0.3, -0.25) is 4.57 Å². The number of nitrogens with zero attached hydrogens (tertiary/aromatic N) is 5. The Balaban J connectivity index is 1.03. The number of para-hydroxylation sites is 2. The summed E-state index contributed by atoms with van der Waals surface area (Å²) in [5.74, 6) is 1.45. The van der Waals surface area contributed by atoms with E-state index in [9.17, 15) is 0 Å². The number of fused-ring (bicyclic) bond motifs is 7. The summed E-state index contributed by atoms with van der Waals surface area (Å²) in [5.41, 5.74) is 17.0. The van der Waals surface area contributed by atoms with E-state index < -0.39 is 0 Å². The van der Waals surface area contributed by atoms with Gasteiger partial charge in [-0.2, -0.15) is 0 Å². The van der Waals surface area contributed by atoms with E-state index in [2.05, 4.69) is 344 Å². The zero-order valence-electron chi connectivity index (χ0n) is 51.1. The van der Waals surface area contributed by atoms with Crippen LogP contribution < -0.4 is 9.80 Å². The normalized spacial score (nSPS) is 12.2. The first-order chi connectivity index (χ1) is 42.0. The van der Waals surface area contributed by atoms with Gasteiger partial charge in [-0.05, 0) is 144 Å². The fourth-order valence-electron chi connectivity index (χ4n) is 12.8. The molecule has 0 atom stereocenters. The molecule has 0 bridgehead atoms. The first kappa shape index (κ1) is 54.8. The van der Waals surface area contributed by atoms with Gasteiger partial charge in [-0.1, -0.05) is 244 Å². The highest BCUT2D eigenvalue weighted by molar-refractivity contribution is 6.16. The molecule has 14 rings (SSSR count). The van der Waals surface area contributed by atoms with Crippen LogP contribution in [0.3, 0.4) is 0 Å². The minimum Gasteiger partial charge on any atom is -0.310 e. The number of hydrogen-bond donors (Lipinski definition) is 0. The molecule has 424 valence electrons. The van der Waals surface area contributed by atoms with Crippen molar-refractivity contribution in [1.29, 1.82) is 0 Å². The molecule has 5 heteroatoms. The third kappa shape index (κ3) is 10.1. The Morgan fingerprint density at radius 2 is 0.770 bits per heavy atom. The number of anilines is 6. The summed E-state index contributed by atoms with van der Waals surface area (Å²) in [4.78, 5) is 16.1. The maximum atomic E-state index is 5.55. The Hall–Kier alpha value is -10.1. The summed E-state index contributed by atoms with van der Waals surface area (Å²) < 4.78 is 2.30. The predicted molar refractivity (Wildman–Crippen MR) is 371 cm³/mol. The monoisotopic (exact) mass is 1130 g/mol. The molecular weight excluding hydrogens is 1050 g/mol. The van der Waals surface area contributed by atoms with Gasteiger partial charge in [0.15, 0.2) is 5.82 Å². The lowest BCUT2D eigenvalue weighted by Crippen LogP contribution is -2.20. The van der Waals surface area contributed by atoms with Gasteiger partial charge in [0, 0.05) is 56.0 Å². The van der Waals surface area contributed by atoms with Crippen LogP contribution in [0.2, 0.25) is 0 Å². The van der Waals surface area contributed by atoms with Crippen LogP contribution >= 0.6 is 0 Å². The lowest BCUT2D eigenvalue weighted by molar-refractivity contribution is 0.589. The van der Waals surface area contributed by atoms with Gasteiger partial charge in [0.05, 0.1) is 33.8 Å². The molecule has 0 unspecified atom stereocenters. The van der Waals surface area contributed by atoms with Gasteiger partial charge in [-0.25, -0.2) is 9.97 Å². The third-order valence-corrected chi connectivity index (χ3v) is 17.4. The highest BCUT2D eigenvalue weighted by Gasteiger charge is 2.30. The molecule has 0 aliphatic carbocycles. The summed E-state index contributed by atoms with van der Waals surface area (Å²) in [7, 11) is 0. The highest BCUT2D eigenvalue weighted by atomic mass is 15.2. The van der Waals surface area contributed by atoms with Crippen molar-refractivity contribution in [2.24, 2.45) is 0 Å². The van der Waals surface area contributed by atoms with Crippen molar-refractivity contribution in [3.05, 3.63) is 284 Å². The van der Waals surface area contributed by atoms with Gasteiger partial charge in [0.2, 0.25) is 0 Å². The van der Waals surface area contributed by atoms with Crippen LogP contribution in [-0.2, 0) is 16.2 Å². The summed E-state index contributed by atoms with van der Waals surface area (Å²) in [6.45, 7) is 20.7. The van der Waals surface area contributed by atoms with Crippen molar-refractivity contribution in [2.45, 2.75) is 78.6 Å². The van der Waals surface area contributed by atoms with Gasteiger partial charge < -0.3 is 9.80 Å². The van der Waals surface area contributed by atoms with E-state index in [0.717, 1.165) is 89.7 Å². The number of rotatable bonds is 10. The molecule has 2 heterocycles. The van der Waals surface area contributed by atoms with E-state index >= 15 is 0 Å². The van der Waals surface area contributed by atoms with Crippen LogP contribution in [-0.4, -0.2) is 14.5 Å². The average molecular weight is 1130 g/mol. The Morgan fingerprint density at radius 1 is 0.310 bits per heavy atom. The molecule has 87 heavy (non-hydrogen) atoms. The average Bonchev–Trinajstić information content (AvgIpc) is 1.62. The second kappa shape index (κ2) is 21.4. The van der Waals surface area contributed by atoms with Crippen LogP contribution in [0, 0.1) is 0 Å². The number of benzene rings is 12. The summed E-state index contributed by atoms with van der Waals surface area (Å²) in [6.07, 6.45) is 0. The zero-order valence-corrected chi connectivity index (χ0v) is 51.1. The smallest absolute Gasteiger partial charge is 0.162 e. The van der Waals surface area contributed by atoms with Gasteiger partial charge in [0.1, 0.15) is 5.82 Å². The maximum absolute atomic E-state index is 5.55. The SMILES string of the molecule is CC(C)(C)c1ccc(N(c2ccc(-c3nc(-c4cccc5ccccc45)cc(-n4c5ccccc5c5ccccc54)n3)cc2)c2cc(C(C)(C)C)cc(N(c3ccc(C(C)(C)C)cc3)c3cc4ccccc4c4ccccc34)c2-c2ccccc2)cc1. The van der Waals surface area contributed by atoms with Crippen LogP contribution in [0.4, 0.5) is 34.1 Å². The van der Waals surface area contributed by atoms with E-state index in [4.69, 9.17) is 9.97 Å². The Bertz CT molecular complexity index is 4840. The second-order valence-corrected chi connectivity index (χ2v) is 26.3. The summed E-state index contributed by atoms with van der Waals surface area (Å²) >= 11 is 0. The Labute approximate surface area is 511 Å². The first-order valence-electron chi connectivity index (χ1n) is 30.5. The molecule has 0 N–H and O–H groups in total. The van der Waals surface area contributed by atoms with Crippen LogP contribution in [0.25, 0.3) is 93.7 Å². The predicted octanol–water partition coefficient (Wildman–Crippen LogP) is 22.9. The molecule has 0 saturated heterocycles. The van der Waals surface area contributed by atoms with Crippen molar-refractivity contribution < 1.29 is 0 Å². The Kier molecular flexibility index (Phi) is 13.5. The number of aromatic nitrogens is 3. The fourth-order valence-corrected chi connectivity index (χ4v) is 12.8. The third-order valence-electron chi connectivity index (χ3n) is 17.4. The van der Waals surface area contributed by atoms with Crippen molar-refractivity contribution in [1.82, 2.24) is 14.5 Å². The van der Waals surface area contributed by atoms with Gasteiger partial charge in [0.25, 0.3) is 0 Å². The van der Waals surface area contributed by atoms with Crippen LogP contribution in [0.1, 0.15) is 79.0 Å². The molecule has 0 spiro atoms. The van der Waals surface area contributed by atoms with E-state index in [-0.39, 0.29) is 16.2 Å². The second-order valence-electron chi connectivity index (χ2n) is 26.3. The fraction of sp³-hybridized carbons (Fsp3) is 0.146. The quantitative estimate of drug-likeness (QED) is 0.128. The minimum absolute atomic E-state index is 0.0353. The van der Waals surface area contributed by atoms with Gasteiger partial charge >= 0.3 is 0 Å². The first-order valence-corrected chi connectivity index (χ1v) is 30.5. The van der Waals surface area contributed by atoms with Crippen molar-refractivity contribution in [3.63, 3.8) is 0 Å². The molecule has 5 nitrogen and oxygen atoms in total. The molecular formula is C82H71N5. The van der Waals surface area contributed by atoms with Crippen LogP contribution in [0.15, 0.2) is 267 Å². The van der Waals surface area contributed by atoms with Crippen molar-refractivity contribution in [2.75, 3.05) is 9.80 Å². The lowest BCUT2D eigenvalue weighted by atomic mass is 9.83. The molecule has 12 aromatic carbocycles. The minimum atomic E-state index is -0.266. The van der Waals surface area contributed by atoms with E-state index in [0.29, 0.717) is 5.82 Å². The lowest BCUT2D eigenvalue weighted by Gasteiger charge is -2.36. The van der Waals surface area contributed by atoms with Crippen LogP contribution in [0.5, 0.6) is 0 Å². The largest absolute Gasteiger partial charge is 0.310 e. The highest BCUT2D eigenvalue weighted by Crippen LogP contribution is 2.53. The molecule has 0 amide bonds. The zero-order chi connectivity index (χ0) is 59.8. The molecule has 0 aliphatic heterocycles. The summed E-state index contributed by atoms with van der Waals surface area (Å²) in [6, 6.07) is 98.0. The summed E-state index contributed by atoms with van der Waals surface area (Å²) in [5, 5.41) is 9.47. The van der Waals surface area contributed by atoms with Crippen molar-refractivity contribution in [3.8, 4) is 39.6 Å². The molecule has 0 aliphatic rings. The molecule has 0 saturated carbocycles. The van der Waals surface area contributed by atoms with E-state index in [1.54, 1.807) is 0 Å². The Morgan fingerprint density at radius 3 is 1.36 bits per heavy atom. The van der Waals surface area contributed by atoms with Gasteiger partial charge in [-0.15, -0.1) is 0 Å². The number of hydrogen-bond acceptors (Lipinski definition) is 4. The topological polar surface area (TPSA) is 37.2 Å². The van der Waals surface area contributed by atoms with E-state index in [1.165, 1.54) is 49.0 Å². The standard InChI is InChI=1S/C82H71N5/c1-80(2,3)58-40-46-62(47-41-58)85(61-44-38-56(39-45-61)79-83-71(67-35-23-28-54-24-13-15-29-64(54)67)53-77(84-79)87-72-36-21-19-33-69(72)70-34-20-22-37-73(70)87)75-51-60(82(7,8)9)52-76(78(75)55-25-11-10-12-26-55)86(63-48-42-59(43-49-63)81(4,5)6)74-50-57-27-14-16-30-65(57)66-31-17-18-32-68(66)74/h10-53H,1-9H3. The molecule has 14 aromatic rings.